The molecule has 3 rings (SSSR count). The summed E-state index contributed by atoms with van der Waals surface area (Å²) in [5.74, 6) is 0.304. The lowest BCUT2D eigenvalue weighted by molar-refractivity contribution is -0.115. The summed E-state index contributed by atoms with van der Waals surface area (Å²) in [6, 6.07) is 7.87. The van der Waals surface area contributed by atoms with E-state index in [0.29, 0.717) is 11.5 Å². The quantitative estimate of drug-likeness (QED) is 0.809. The molecule has 0 atom stereocenters. The van der Waals surface area contributed by atoms with E-state index in [4.69, 9.17) is 10.2 Å². The molecule has 5 nitrogen and oxygen atoms in total. The molecule has 0 saturated carbocycles. The summed E-state index contributed by atoms with van der Waals surface area (Å²) < 4.78 is 18.7. The molecule has 3 N–H and O–H groups in total. The Bertz CT molecular complexity index is 799. The van der Waals surface area contributed by atoms with Crippen LogP contribution in [0.25, 0.3) is 17.4 Å². The molecule has 1 aromatic heterocycles. The van der Waals surface area contributed by atoms with E-state index in [1.165, 1.54) is 18.2 Å². The number of hydrogen-bond acceptors (Lipinski definition) is 5. The van der Waals surface area contributed by atoms with E-state index in [0.717, 1.165) is 29.4 Å². The molecule has 1 aliphatic rings. The molecule has 1 fully saturated rings. The lowest BCUT2D eigenvalue weighted by Crippen LogP contribution is -2.17. The standard InChI is InChI=1S/C15H10FNO3S.C2H7N/c1-8-6-9(16)2-4-11(8)12-5-3-10(20-12)7-13-14(18)17-15(19)21-13;1-2-3/h2-7H,1H3,(H,17,18,19);2-3H2,1H3/b13-7-;. The number of aryl methyl sites for hydroxylation is 1. The van der Waals surface area contributed by atoms with Gasteiger partial charge in [0.05, 0.1) is 4.91 Å². The highest BCUT2D eigenvalue weighted by atomic mass is 32.2. The maximum atomic E-state index is 13.1. The lowest BCUT2D eigenvalue weighted by Gasteiger charge is -2.02. The van der Waals surface area contributed by atoms with Crippen LogP contribution in [0.3, 0.4) is 0 Å². The summed E-state index contributed by atoms with van der Waals surface area (Å²) in [5, 5.41) is 1.78. The molecule has 2 aromatic rings. The number of carbonyl (C=O) groups excluding carboxylic acids is 2. The van der Waals surface area contributed by atoms with Crippen LogP contribution < -0.4 is 11.1 Å². The fourth-order valence-corrected chi connectivity index (χ4v) is 2.69. The predicted octanol–water partition coefficient (Wildman–Crippen LogP) is 3.68. The largest absolute Gasteiger partial charge is 0.457 e. The molecule has 1 aromatic carbocycles. The summed E-state index contributed by atoms with van der Waals surface area (Å²) in [4.78, 5) is 22.8. The van der Waals surface area contributed by atoms with E-state index in [-0.39, 0.29) is 10.7 Å². The summed E-state index contributed by atoms with van der Waals surface area (Å²) in [5.41, 5.74) is 6.38. The highest BCUT2D eigenvalue weighted by molar-refractivity contribution is 8.18. The fourth-order valence-electron chi connectivity index (χ4n) is 2.03. The average Bonchev–Trinajstić information content (AvgIpc) is 3.07. The molecule has 24 heavy (non-hydrogen) atoms. The van der Waals surface area contributed by atoms with E-state index in [1.54, 1.807) is 25.1 Å². The zero-order chi connectivity index (χ0) is 17.7. The number of benzene rings is 1. The molecule has 126 valence electrons. The van der Waals surface area contributed by atoms with Gasteiger partial charge in [0, 0.05) is 11.6 Å². The first-order chi connectivity index (χ1) is 11.4. The molecule has 2 heterocycles. The van der Waals surface area contributed by atoms with E-state index in [2.05, 4.69) is 5.32 Å². The summed E-state index contributed by atoms with van der Waals surface area (Å²) >= 11 is 0.831. The minimum Gasteiger partial charge on any atom is -0.457 e. The summed E-state index contributed by atoms with van der Waals surface area (Å²) in [7, 11) is 0. The van der Waals surface area contributed by atoms with Crippen LogP contribution in [-0.4, -0.2) is 17.7 Å². The zero-order valence-electron chi connectivity index (χ0n) is 13.3. The first-order valence-electron chi connectivity index (χ1n) is 7.26. The van der Waals surface area contributed by atoms with Gasteiger partial charge >= 0.3 is 0 Å². The van der Waals surface area contributed by atoms with Crippen LogP contribution in [0, 0.1) is 12.7 Å². The van der Waals surface area contributed by atoms with Gasteiger partial charge in [-0.3, -0.25) is 14.9 Å². The molecular weight excluding hydrogens is 331 g/mol. The SMILES string of the molecule is CCN.Cc1cc(F)ccc1-c1ccc(/C=C2\SC(=O)NC2=O)o1. The van der Waals surface area contributed by atoms with Crippen molar-refractivity contribution in [1.29, 1.82) is 0 Å². The van der Waals surface area contributed by atoms with Crippen molar-refractivity contribution in [3.05, 3.63) is 52.4 Å². The predicted molar refractivity (Wildman–Crippen MR) is 92.7 cm³/mol. The van der Waals surface area contributed by atoms with Crippen molar-refractivity contribution in [3.8, 4) is 11.3 Å². The van der Waals surface area contributed by atoms with E-state index in [1.807, 2.05) is 6.92 Å². The van der Waals surface area contributed by atoms with E-state index < -0.39 is 11.1 Å². The highest BCUT2D eigenvalue weighted by Gasteiger charge is 2.25. The van der Waals surface area contributed by atoms with Gasteiger partial charge in [-0.25, -0.2) is 4.39 Å². The van der Waals surface area contributed by atoms with Gasteiger partial charge in [-0.1, -0.05) is 6.92 Å². The Balaban J connectivity index is 0.000000647. The summed E-state index contributed by atoms with van der Waals surface area (Å²) in [6.45, 7) is 4.44. The molecule has 1 aliphatic heterocycles. The first-order valence-corrected chi connectivity index (χ1v) is 8.07. The fraction of sp³-hybridized carbons (Fsp3) is 0.176. The Morgan fingerprint density at radius 3 is 2.58 bits per heavy atom. The lowest BCUT2D eigenvalue weighted by atomic mass is 10.1. The number of hydrogen-bond donors (Lipinski definition) is 2. The van der Waals surface area contributed by atoms with Crippen LogP contribution in [0.5, 0.6) is 0 Å². The molecule has 0 bridgehead atoms. The number of nitrogens with one attached hydrogen (secondary N) is 1. The minimum atomic E-state index is -0.430. The van der Waals surface area contributed by atoms with Gasteiger partial charge in [0.25, 0.3) is 11.1 Å². The average molecular weight is 348 g/mol. The van der Waals surface area contributed by atoms with Gasteiger partial charge in [0.1, 0.15) is 17.3 Å². The van der Waals surface area contributed by atoms with E-state index >= 15 is 0 Å². The van der Waals surface area contributed by atoms with Crippen LogP contribution in [0.4, 0.5) is 9.18 Å². The van der Waals surface area contributed by atoms with Crippen molar-refractivity contribution in [3.63, 3.8) is 0 Å². The smallest absolute Gasteiger partial charge is 0.290 e. The number of furan rings is 1. The first kappa shape index (κ1) is 18.0. The third kappa shape index (κ3) is 4.33. The number of rotatable bonds is 2. The monoisotopic (exact) mass is 348 g/mol. The van der Waals surface area contributed by atoms with Crippen LogP contribution in [-0.2, 0) is 4.79 Å². The van der Waals surface area contributed by atoms with Crippen LogP contribution in [0.1, 0.15) is 18.2 Å². The van der Waals surface area contributed by atoms with Crippen molar-refractivity contribution in [2.45, 2.75) is 13.8 Å². The van der Waals surface area contributed by atoms with Crippen molar-refractivity contribution in [2.75, 3.05) is 6.54 Å². The Morgan fingerprint density at radius 1 is 1.29 bits per heavy atom. The number of nitrogens with two attached hydrogens (primary N) is 1. The Hall–Kier alpha value is -2.38. The molecule has 1 saturated heterocycles. The molecule has 0 spiro atoms. The Labute approximate surface area is 143 Å². The molecular formula is C17H17FN2O3S. The second-order valence-corrected chi connectivity index (χ2v) is 5.94. The van der Waals surface area contributed by atoms with Gasteiger partial charge in [-0.2, -0.15) is 0 Å². The van der Waals surface area contributed by atoms with Gasteiger partial charge < -0.3 is 10.2 Å². The number of imide groups is 1. The van der Waals surface area contributed by atoms with Crippen molar-refractivity contribution >= 4 is 29.0 Å². The molecule has 0 aliphatic carbocycles. The van der Waals surface area contributed by atoms with Gasteiger partial charge in [-0.05, 0) is 61.1 Å². The topological polar surface area (TPSA) is 85.3 Å². The molecule has 0 radical (unpaired) electrons. The maximum absolute atomic E-state index is 13.1. The normalized spacial score (nSPS) is 15.2. The van der Waals surface area contributed by atoms with Crippen molar-refractivity contribution in [2.24, 2.45) is 5.73 Å². The van der Waals surface area contributed by atoms with Crippen LogP contribution >= 0.6 is 11.8 Å². The van der Waals surface area contributed by atoms with Crippen molar-refractivity contribution < 1.29 is 18.4 Å². The number of thioether (sulfide) groups is 1. The van der Waals surface area contributed by atoms with E-state index in [9.17, 15) is 14.0 Å². The number of halogens is 1. The Morgan fingerprint density at radius 2 is 2.00 bits per heavy atom. The third-order valence-corrected chi connectivity index (χ3v) is 3.81. The highest BCUT2D eigenvalue weighted by Crippen LogP contribution is 2.30. The second-order valence-electron chi connectivity index (χ2n) is 4.92. The molecule has 2 amide bonds. The minimum absolute atomic E-state index is 0.289. The number of amides is 2. The van der Waals surface area contributed by atoms with Crippen LogP contribution in [0.15, 0.2) is 39.7 Å². The molecule has 7 heteroatoms. The van der Waals surface area contributed by atoms with Crippen LogP contribution in [0.2, 0.25) is 0 Å². The summed E-state index contributed by atoms with van der Waals surface area (Å²) in [6.07, 6.45) is 1.51. The third-order valence-electron chi connectivity index (χ3n) is 3.00. The van der Waals surface area contributed by atoms with Crippen molar-refractivity contribution in [1.82, 2.24) is 5.32 Å². The van der Waals surface area contributed by atoms with Gasteiger partial charge in [-0.15, -0.1) is 0 Å². The zero-order valence-corrected chi connectivity index (χ0v) is 14.1. The molecule has 0 unspecified atom stereocenters. The van der Waals surface area contributed by atoms with Gasteiger partial charge in [0.2, 0.25) is 0 Å². The Kier molecular flexibility index (Phi) is 5.94. The second kappa shape index (κ2) is 7.94. The number of carbonyl (C=O) groups is 2. The van der Waals surface area contributed by atoms with Gasteiger partial charge in [0.15, 0.2) is 0 Å². The maximum Gasteiger partial charge on any atom is 0.290 e.